The zero-order valence-electron chi connectivity index (χ0n) is 22.2. The lowest BCUT2D eigenvalue weighted by atomic mass is 9.80. The van der Waals surface area contributed by atoms with E-state index in [9.17, 15) is 18.0 Å². The molecule has 0 saturated carbocycles. The normalized spacial score (nSPS) is 19.1. The summed E-state index contributed by atoms with van der Waals surface area (Å²) in [4.78, 5) is 26.8. The van der Waals surface area contributed by atoms with Gasteiger partial charge in [-0.15, -0.1) is 6.42 Å². The number of rotatable bonds is 9. The second-order valence-electron chi connectivity index (χ2n) is 9.65. The van der Waals surface area contributed by atoms with Crippen LogP contribution in [0.1, 0.15) is 34.9 Å². The monoisotopic (exact) mass is 572 g/mol. The summed E-state index contributed by atoms with van der Waals surface area (Å²) in [5, 5.41) is 0. The predicted octanol–water partition coefficient (Wildman–Crippen LogP) is 3.16. The van der Waals surface area contributed by atoms with Crippen molar-refractivity contribution in [2.24, 2.45) is 0 Å². The summed E-state index contributed by atoms with van der Waals surface area (Å²) in [6.45, 7) is -0.102. The van der Waals surface area contributed by atoms with Crippen LogP contribution in [0.15, 0.2) is 107 Å². The molecule has 1 aliphatic rings. The van der Waals surface area contributed by atoms with Crippen LogP contribution in [-0.2, 0) is 29.4 Å². The number of hydrogen-bond donors (Lipinski definition) is 1. The molecular weight excluding hydrogens is 544 g/mol. The molecule has 1 aliphatic heterocycles. The van der Waals surface area contributed by atoms with Gasteiger partial charge in [-0.3, -0.25) is 18.5 Å². The van der Waals surface area contributed by atoms with Crippen LogP contribution in [-0.4, -0.2) is 43.0 Å². The van der Waals surface area contributed by atoms with Crippen LogP contribution < -0.4 is 11.2 Å². The van der Waals surface area contributed by atoms with Gasteiger partial charge in [0.2, 0.25) is 0 Å². The molecule has 1 aromatic heterocycles. The van der Waals surface area contributed by atoms with E-state index in [1.165, 1.54) is 6.20 Å². The molecule has 0 spiro atoms. The Labute approximate surface area is 237 Å². The van der Waals surface area contributed by atoms with Crippen molar-refractivity contribution in [1.82, 2.24) is 9.55 Å². The molecule has 210 valence electrons. The van der Waals surface area contributed by atoms with Gasteiger partial charge in [0, 0.05) is 12.6 Å². The Balaban J connectivity index is 1.56. The fourth-order valence-corrected chi connectivity index (χ4v) is 5.78. The maximum atomic E-state index is 12.6. The fourth-order valence-electron chi connectivity index (χ4n) is 5.12. The highest BCUT2D eigenvalue weighted by Crippen LogP contribution is 2.42. The molecule has 1 fully saturated rings. The SMILES string of the molecule is C#Cc1cn(C2CC(OS(C)(=O)=O)C(COC(c3ccccc3)(c3ccccc3)c3ccccc3)O2)c(=O)[nH]c1=O. The average molecular weight is 573 g/mol. The zero-order chi connectivity index (χ0) is 29.0. The van der Waals surface area contributed by atoms with E-state index in [0.717, 1.165) is 27.5 Å². The third-order valence-electron chi connectivity index (χ3n) is 6.92. The number of ether oxygens (including phenoxy) is 2. The summed E-state index contributed by atoms with van der Waals surface area (Å²) in [5.41, 5.74) is -0.0505. The smallest absolute Gasteiger partial charge is 0.330 e. The molecule has 3 unspecified atom stereocenters. The van der Waals surface area contributed by atoms with Crippen molar-refractivity contribution < 1.29 is 22.1 Å². The third kappa shape index (κ3) is 5.94. The molecule has 3 aromatic carbocycles. The molecule has 10 heteroatoms. The van der Waals surface area contributed by atoms with Crippen molar-refractivity contribution in [3.05, 3.63) is 140 Å². The first kappa shape index (κ1) is 28.3. The van der Waals surface area contributed by atoms with Gasteiger partial charge in [-0.25, -0.2) is 4.79 Å². The van der Waals surface area contributed by atoms with E-state index in [2.05, 4.69) is 10.9 Å². The average Bonchev–Trinajstić information content (AvgIpc) is 3.36. The first-order chi connectivity index (χ1) is 19.7. The highest BCUT2D eigenvalue weighted by Gasteiger charge is 2.44. The van der Waals surface area contributed by atoms with Crippen LogP contribution in [0.2, 0.25) is 0 Å². The Morgan fingerprint density at radius 3 is 1.93 bits per heavy atom. The highest BCUT2D eigenvalue weighted by atomic mass is 32.2. The minimum absolute atomic E-state index is 0.00787. The van der Waals surface area contributed by atoms with Crippen LogP contribution in [0.25, 0.3) is 0 Å². The van der Waals surface area contributed by atoms with Gasteiger partial charge in [-0.05, 0) is 16.7 Å². The van der Waals surface area contributed by atoms with Gasteiger partial charge < -0.3 is 9.47 Å². The first-order valence-electron chi connectivity index (χ1n) is 12.9. The summed E-state index contributed by atoms with van der Waals surface area (Å²) < 4.78 is 43.9. The van der Waals surface area contributed by atoms with Crippen LogP contribution in [0.5, 0.6) is 0 Å². The van der Waals surface area contributed by atoms with E-state index < -0.39 is 45.4 Å². The molecule has 4 aromatic rings. The number of benzene rings is 3. The molecule has 1 N–H and O–H groups in total. The van der Waals surface area contributed by atoms with Gasteiger partial charge >= 0.3 is 5.69 Å². The number of nitrogens with zero attached hydrogens (tertiary/aromatic N) is 1. The minimum atomic E-state index is -3.90. The highest BCUT2D eigenvalue weighted by molar-refractivity contribution is 7.86. The molecule has 41 heavy (non-hydrogen) atoms. The molecule has 3 atom stereocenters. The van der Waals surface area contributed by atoms with Crippen molar-refractivity contribution >= 4 is 10.1 Å². The molecule has 0 amide bonds. The van der Waals surface area contributed by atoms with Crippen molar-refractivity contribution in [3.63, 3.8) is 0 Å². The third-order valence-corrected chi connectivity index (χ3v) is 7.51. The predicted molar refractivity (Wildman–Crippen MR) is 153 cm³/mol. The lowest BCUT2D eigenvalue weighted by Crippen LogP contribution is -2.39. The van der Waals surface area contributed by atoms with Gasteiger partial charge in [-0.1, -0.05) is 96.9 Å². The Morgan fingerprint density at radius 1 is 0.951 bits per heavy atom. The molecule has 0 aliphatic carbocycles. The molecule has 5 rings (SSSR count). The topological polar surface area (TPSA) is 117 Å². The second kappa shape index (κ2) is 11.7. The quantitative estimate of drug-likeness (QED) is 0.186. The number of terminal acetylenes is 1. The van der Waals surface area contributed by atoms with E-state index in [4.69, 9.17) is 20.1 Å². The van der Waals surface area contributed by atoms with Crippen LogP contribution >= 0.6 is 0 Å². The van der Waals surface area contributed by atoms with Gasteiger partial charge in [-0.2, -0.15) is 8.42 Å². The van der Waals surface area contributed by atoms with Crippen molar-refractivity contribution in [3.8, 4) is 12.3 Å². The fraction of sp³-hybridized carbons (Fsp3) is 0.226. The number of aromatic amines is 1. The van der Waals surface area contributed by atoms with Crippen molar-refractivity contribution in [2.45, 2.75) is 30.5 Å². The summed E-state index contributed by atoms with van der Waals surface area (Å²) in [6, 6.07) is 29.0. The summed E-state index contributed by atoms with van der Waals surface area (Å²) >= 11 is 0. The number of nitrogens with one attached hydrogen (secondary N) is 1. The van der Waals surface area contributed by atoms with Gasteiger partial charge in [0.1, 0.15) is 29.6 Å². The summed E-state index contributed by atoms with van der Waals surface area (Å²) in [7, 11) is -3.90. The maximum absolute atomic E-state index is 12.6. The molecular formula is C31H28N2O7S. The molecule has 1 saturated heterocycles. The van der Waals surface area contributed by atoms with E-state index in [-0.39, 0.29) is 18.6 Å². The Morgan fingerprint density at radius 2 is 1.46 bits per heavy atom. The Hall–Kier alpha value is -4.27. The maximum Gasteiger partial charge on any atom is 0.330 e. The Bertz CT molecular complexity index is 1670. The summed E-state index contributed by atoms with van der Waals surface area (Å²) in [5.74, 6) is 2.24. The number of H-pyrrole nitrogens is 1. The van der Waals surface area contributed by atoms with E-state index in [1.54, 1.807) is 0 Å². The van der Waals surface area contributed by atoms with E-state index in [0.29, 0.717) is 0 Å². The van der Waals surface area contributed by atoms with Gasteiger partial charge in [0.25, 0.3) is 15.7 Å². The molecule has 0 bridgehead atoms. The van der Waals surface area contributed by atoms with Crippen LogP contribution in [0, 0.1) is 12.3 Å². The minimum Gasteiger partial charge on any atom is -0.358 e. The number of hydrogen-bond acceptors (Lipinski definition) is 7. The zero-order valence-corrected chi connectivity index (χ0v) is 23.0. The van der Waals surface area contributed by atoms with Crippen molar-refractivity contribution in [2.75, 3.05) is 12.9 Å². The first-order valence-corrected chi connectivity index (χ1v) is 14.7. The van der Waals surface area contributed by atoms with Gasteiger partial charge in [0.05, 0.1) is 12.9 Å². The largest absolute Gasteiger partial charge is 0.358 e. The van der Waals surface area contributed by atoms with Gasteiger partial charge in [0.15, 0.2) is 0 Å². The summed E-state index contributed by atoms with van der Waals surface area (Å²) in [6.07, 6.45) is 4.72. The van der Waals surface area contributed by atoms with E-state index >= 15 is 0 Å². The lowest BCUT2D eigenvalue weighted by Gasteiger charge is -2.37. The lowest BCUT2D eigenvalue weighted by molar-refractivity contribution is -0.0910. The van der Waals surface area contributed by atoms with Crippen molar-refractivity contribution in [1.29, 1.82) is 0 Å². The second-order valence-corrected chi connectivity index (χ2v) is 11.2. The van der Waals surface area contributed by atoms with Crippen LogP contribution in [0.4, 0.5) is 0 Å². The molecule has 9 nitrogen and oxygen atoms in total. The standard InChI is InChI=1S/C31H28N2O7S/c1-3-22-20-33(30(35)32-29(22)34)28-19-26(40-41(2,36)37)27(39-28)21-38-31(23-13-7-4-8-14-23,24-15-9-5-10-16-24)25-17-11-6-12-18-25/h1,4-18,20,26-28H,19,21H2,2H3,(H,32,34,35). The molecule has 0 radical (unpaired) electrons. The molecule has 2 heterocycles. The Kier molecular flexibility index (Phi) is 8.06. The number of aromatic nitrogens is 2. The van der Waals surface area contributed by atoms with E-state index in [1.807, 2.05) is 91.0 Å². The van der Waals surface area contributed by atoms with Crippen LogP contribution in [0.3, 0.4) is 0 Å².